The van der Waals surface area contributed by atoms with Gasteiger partial charge in [-0.1, -0.05) is 0 Å². The van der Waals surface area contributed by atoms with Gasteiger partial charge >= 0.3 is 0 Å². The van der Waals surface area contributed by atoms with Gasteiger partial charge in [-0.3, -0.25) is 4.79 Å². The molecule has 0 bridgehead atoms. The fourth-order valence-electron chi connectivity index (χ4n) is 5.41. The molecule has 15 heteroatoms. The van der Waals surface area contributed by atoms with E-state index in [4.69, 9.17) is 37.4 Å². The number of anilines is 5. The van der Waals surface area contributed by atoms with E-state index in [1.807, 2.05) is 9.80 Å². The van der Waals surface area contributed by atoms with E-state index in [0.717, 1.165) is 0 Å². The lowest BCUT2D eigenvalue weighted by Gasteiger charge is -2.37. The van der Waals surface area contributed by atoms with Gasteiger partial charge in [0.25, 0.3) is 5.91 Å². The van der Waals surface area contributed by atoms with E-state index in [-0.39, 0.29) is 41.4 Å². The van der Waals surface area contributed by atoms with Gasteiger partial charge in [-0.2, -0.15) is 15.0 Å². The number of phenolic OH excluding ortho intramolecular Hbond substituents is 1. The summed E-state index contributed by atoms with van der Waals surface area (Å²) in [4.78, 5) is 30.9. The number of ether oxygens (including phenoxy) is 2. The van der Waals surface area contributed by atoms with Crippen molar-refractivity contribution in [2.45, 2.75) is 37.0 Å². The molecule has 230 valence electrons. The number of rotatable bonds is 8. The van der Waals surface area contributed by atoms with Crippen LogP contribution in [0.3, 0.4) is 0 Å². The van der Waals surface area contributed by atoms with Gasteiger partial charge in [0.05, 0.1) is 25.5 Å². The van der Waals surface area contributed by atoms with Gasteiger partial charge in [0.1, 0.15) is 17.2 Å². The number of nitrogens with two attached hydrogens (primary N) is 4. The van der Waals surface area contributed by atoms with Crippen LogP contribution in [-0.4, -0.2) is 90.5 Å². The second-order valence-electron chi connectivity index (χ2n) is 11.0. The molecule has 2 fully saturated rings. The molecule has 0 spiro atoms. The number of hydrogen-bond donors (Lipinski definition) is 7. The molecule has 0 saturated carbocycles. The van der Waals surface area contributed by atoms with E-state index in [9.17, 15) is 9.90 Å². The molecule has 15 nitrogen and oxygen atoms in total. The third-order valence-corrected chi connectivity index (χ3v) is 7.36. The maximum absolute atomic E-state index is 13.0. The van der Waals surface area contributed by atoms with Crippen molar-refractivity contribution in [1.82, 2.24) is 15.0 Å². The average molecular weight is 594 g/mol. The van der Waals surface area contributed by atoms with Crippen LogP contribution in [0.4, 0.5) is 29.2 Å². The predicted molar refractivity (Wildman–Crippen MR) is 164 cm³/mol. The summed E-state index contributed by atoms with van der Waals surface area (Å²) in [6, 6.07) is 9.09. The molecule has 11 N–H and O–H groups in total. The first-order valence-electron chi connectivity index (χ1n) is 14.0. The molecule has 0 unspecified atom stereocenters. The molecule has 3 heterocycles. The molecule has 4 atom stereocenters. The van der Waals surface area contributed by atoms with Crippen molar-refractivity contribution in [3.63, 3.8) is 0 Å². The molecule has 3 aromatic rings. The number of benzene rings is 2. The van der Waals surface area contributed by atoms with Crippen molar-refractivity contribution in [2.24, 2.45) is 22.9 Å². The smallest absolute Gasteiger partial charge is 0.259 e. The molecule has 1 amide bonds. The van der Waals surface area contributed by atoms with Gasteiger partial charge in [-0.05, 0) is 37.1 Å². The Labute approximate surface area is 249 Å². The average Bonchev–Trinajstić information content (AvgIpc) is 2.96. The number of carbonyl (C=O) groups excluding carboxylic acids is 1. The van der Waals surface area contributed by atoms with Gasteiger partial charge in [-0.15, -0.1) is 0 Å². The van der Waals surface area contributed by atoms with E-state index >= 15 is 0 Å². The highest BCUT2D eigenvalue weighted by molar-refractivity contribution is 6.07. The summed E-state index contributed by atoms with van der Waals surface area (Å²) in [7, 11) is 3.02. The Morgan fingerprint density at radius 1 is 0.837 bits per heavy atom. The van der Waals surface area contributed by atoms with E-state index in [0.29, 0.717) is 73.8 Å². The number of phenols is 1. The predicted octanol–water partition coefficient (Wildman–Crippen LogP) is 0.320. The fourth-order valence-corrected chi connectivity index (χ4v) is 5.41. The first kappa shape index (κ1) is 30.0. The maximum atomic E-state index is 13.0. The topological polar surface area (TPSA) is 229 Å². The van der Waals surface area contributed by atoms with Gasteiger partial charge < -0.3 is 57.9 Å². The molecule has 5 rings (SSSR count). The number of carbonyl (C=O) groups is 1. The van der Waals surface area contributed by atoms with Crippen LogP contribution < -0.4 is 52.8 Å². The number of amides is 1. The zero-order valence-corrected chi connectivity index (χ0v) is 24.2. The van der Waals surface area contributed by atoms with E-state index in [2.05, 4.69) is 20.6 Å². The van der Waals surface area contributed by atoms with E-state index < -0.39 is 5.91 Å². The summed E-state index contributed by atoms with van der Waals surface area (Å²) in [6.07, 6.45) is 1.42. The standard InChI is InChI=1S/C28H39N11O4/c1-42-20-4-6-24(43-2)22(10-20)34-25(41)21-5-3-19(9-23(21)40)33-26-35-27(38-11-15(29)7-16(30)12-38)37-28(36-26)39-13-17(31)8-18(32)14-39/h3-6,9-10,15-18,40H,7-8,11-14,29-32H2,1-2H3,(H,34,41)(H,33,35,36,37)/t15-,16+,17-,18+. The minimum Gasteiger partial charge on any atom is -0.507 e. The molecule has 2 aliphatic rings. The molecule has 0 radical (unpaired) electrons. The molecular weight excluding hydrogens is 554 g/mol. The Morgan fingerprint density at radius 3 is 1.93 bits per heavy atom. The third-order valence-electron chi connectivity index (χ3n) is 7.36. The van der Waals surface area contributed by atoms with Gasteiger partial charge in [-0.25, -0.2) is 0 Å². The first-order valence-corrected chi connectivity index (χ1v) is 14.0. The number of nitrogens with zero attached hydrogens (tertiary/aromatic N) is 5. The van der Waals surface area contributed by atoms with E-state index in [1.54, 1.807) is 24.3 Å². The summed E-state index contributed by atoms with van der Waals surface area (Å²) < 4.78 is 10.6. The molecule has 2 aliphatic heterocycles. The minimum absolute atomic E-state index is 0.0556. The summed E-state index contributed by atoms with van der Waals surface area (Å²) in [6.45, 7) is 2.16. The number of aromatic hydroxyl groups is 1. The molecule has 43 heavy (non-hydrogen) atoms. The largest absolute Gasteiger partial charge is 0.507 e. The summed E-state index contributed by atoms with van der Waals surface area (Å²) in [5, 5.41) is 16.7. The number of methoxy groups -OCH3 is 2. The van der Waals surface area contributed by atoms with Crippen molar-refractivity contribution < 1.29 is 19.4 Å². The highest BCUT2D eigenvalue weighted by atomic mass is 16.5. The number of nitrogens with one attached hydrogen (secondary N) is 2. The molecular formula is C28H39N11O4. The van der Waals surface area contributed by atoms with Crippen LogP contribution in [0.5, 0.6) is 17.2 Å². The Balaban J connectivity index is 1.40. The molecule has 2 aromatic carbocycles. The van der Waals surface area contributed by atoms with Gasteiger partial charge in [0.2, 0.25) is 17.8 Å². The van der Waals surface area contributed by atoms with Crippen LogP contribution in [0.1, 0.15) is 23.2 Å². The Kier molecular flexibility index (Phi) is 8.96. The Morgan fingerprint density at radius 2 is 1.42 bits per heavy atom. The highest BCUT2D eigenvalue weighted by Gasteiger charge is 2.29. The lowest BCUT2D eigenvalue weighted by Crippen LogP contribution is -2.54. The van der Waals surface area contributed by atoms with Gasteiger partial charge in [0, 0.05) is 68.2 Å². The van der Waals surface area contributed by atoms with Crippen molar-refractivity contribution >= 4 is 35.1 Å². The van der Waals surface area contributed by atoms with E-state index in [1.165, 1.54) is 26.4 Å². The van der Waals surface area contributed by atoms with Crippen LogP contribution in [0, 0.1) is 0 Å². The normalized spacial score (nSPS) is 22.2. The van der Waals surface area contributed by atoms with Crippen molar-refractivity contribution in [3.8, 4) is 17.2 Å². The van der Waals surface area contributed by atoms with Gasteiger partial charge in [0.15, 0.2) is 0 Å². The summed E-state index contributed by atoms with van der Waals surface area (Å²) >= 11 is 0. The van der Waals surface area contributed by atoms with Crippen LogP contribution in [-0.2, 0) is 0 Å². The fraction of sp³-hybridized carbons (Fsp3) is 0.429. The van der Waals surface area contributed by atoms with Crippen LogP contribution >= 0.6 is 0 Å². The van der Waals surface area contributed by atoms with Crippen LogP contribution in [0.15, 0.2) is 36.4 Å². The quantitative estimate of drug-likeness (QED) is 0.187. The Bertz CT molecular complexity index is 1390. The molecule has 2 saturated heterocycles. The zero-order valence-electron chi connectivity index (χ0n) is 24.2. The zero-order chi connectivity index (χ0) is 30.7. The minimum atomic E-state index is -0.532. The number of piperidine rings is 2. The van der Waals surface area contributed by atoms with Crippen LogP contribution in [0.2, 0.25) is 0 Å². The van der Waals surface area contributed by atoms with Crippen molar-refractivity contribution in [2.75, 3.05) is 60.8 Å². The number of aromatic nitrogens is 3. The first-order chi connectivity index (χ1) is 20.6. The third kappa shape index (κ3) is 7.14. The molecule has 1 aromatic heterocycles. The van der Waals surface area contributed by atoms with Crippen molar-refractivity contribution in [1.29, 1.82) is 0 Å². The summed E-state index contributed by atoms with van der Waals surface area (Å²) in [5.41, 5.74) is 25.9. The highest BCUT2D eigenvalue weighted by Crippen LogP contribution is 2.31. The second-order valence-corrected chi connectivity index (χ2v) is 11.0. The maximum Gasteiger partial charge on any atom is 0.259 e. The lowest BCUT2D eigenvalue weighted by atomic mass is 10.0. The van der Waals surface area contributed by atoms with Crippen molar-refractivity contribution in [3.05, 3.63) is 42.0 Å². The summed E-state index contributed by atoms with van der Waals surface area (Å²) in [5.74, 6) is 1.27. The molecule has 0 aliphatic carbocycles. The SMILES string of the molecule is COc1ccc(OC)c(NC(=O)c2ccc(Nc3nc(N4C[C@H](N)C[C@H](N)C4)nc(N4C[C@H](N)C[C@H](N)C4)n3)cc2O)c1. The second kappa shape index (κ2) is 12.8. The van der Waals surface area contributed by atoms with Crippen LogP contribution in [0.25, 0.3) is 0 Å². The monoisotopic (exact) mass is 593 g/mol. The lowest BCUT2D eigenvalue weighted by molar-refractivity contribution is 0.102. The number of hydrogen-bond acceptors (Lipinski definition) is 14. The Hall–Kier alpha value is -4.44.